The van der Waals surface area contributed by atoms with Crippen LogP contribution in [0.1, 0.15) is 5.82 Å². The highest BCUT2D eigenvalue weighted by Crippen LogP contribution is 2.18. The number of piperazine rings is 1. The summed E-state index contributed by atoms with van der Waals surface area (Å²) < 4.78 is 13.7. The quantitative estimate of drug-likeness (QED) is 0.924. The number of benzene rings is 1. The molecule has 5 nitrogen and oxygen atoms in total. The van der Waals surface area contributed by atoms with Crippen LogP contribution in [0.5, 0.6) is 0 Å². The summed E-state index contributed by atoms with van der Waals surface area (Å²) in [6, 6.07) is 6.58. The van der Waals surface area contributed by atoms with Gasteiger partial charge in [-0.25, -0.2) is 9.37 Å². The third kappa shape index (κ3) is 3.46. The van der Waals surface area contributed by atoms with Gasteiger partial charge in [0.25, 0.3) is 0 Å². The molecule has 1 N–H and O–H groups in total. The number of nitrogens with zero attached hydrogens (tertiary/aromatic N) is 4. The smallest absolute Gasteiger partial charge is 0.184 e. The van der Waals surface area contributed by atoms with E-state index in [1.54, 1.807) is 18.2 Å². The van der Waals surface area contributed by atoms with Crippen LogP contribution in [-0.2, 0) is 6.42 Å². The summed E-state index contributed by atoms with van der Waals surface area (Å²) in [5, 5.41) is 7.04. The molecule has 1 saturated heterocycles. The number of H-pyrrole nitrogens is 1. The molecule has 1 aromatic heterocycles. The zero-order valence-electron chi connectivity index (χ0n) is 12.2. The first-order chi connectivity index (χ1) is 10.2. The van der Waals surface area contributed by atoms with Crippen molar-refractivity contribution in [3.8, 4) is 11.4 Å². The van der Waals surface area contributed by atoms with E-state index in [-0.39, 0.29) is 5.82 Å². The number of halogens is 1. The SMILES string of the molecule is CN1CCN(CCc2nc(-c3ccccc3F)n[nH]2)CC1. The van der Waals surface area contributed by atoms with Crippen molar-refractivity contribution in [2.45, 2.75) is 6.42 Å². The fraction of sp³-hybridized carbons (Fsp3) is 0.467. The Morgan fingerprint density at radius 2 is 1.95 bits per heavy atom. The van der Waals surface area contributed by atoms with Crippen LogP contribution in [0.25, 0.3) is 11.4 Å². The van der Waals surface area contributed by atoms with Gasteiger partial charge < -0.3 is 9.80 Å². The Hall–Kier alpha value is -1.79. The van der Waals surface area contributed by atoms with Gasteiger partial charge in [-0.15, -0.1) is 0 Å². The summed E-state index contributed by atoms with van der Waals surface area (Å²) in [7, 11) is 2.15. The lowest BCUT2D eigenvalue weighted by Crippen LogP contribution is -2.45. The molecule has 0 atom stereocenters. The van der Waals surface area contributed by atoms with Crippen LogP contribution in [0.15, 0.2) is 24.3 Å². The van der Waals surface area contributed by atoms with Gasteiger partial charge in [0.05, 0.1) is 5.56 Å². The number of rotatable bonds is 4. The Morgan fingerprint density at radius 1 is 1.19 bits per heavy atom. The minimum absolute atomic E-state index is 0.290. The van der Waals surface area contributed by atoms with Gasteiger partial charge in [-0.2, -0.15) is 5.10 Å². The maximum atomic E-state index is 13.7. The van der Waals surface area contributed by atoms with Crippen molar-refractivity contribution in [1.29, 1.82) is 0 Å². The molecule has 0 aliphatic carbocycles. The van der Waals surface area contributed by atoms with E-state index >= 15 is 0 Å². The Labute approximate surface area is 123 Å². The van der Waals surface area contributed by atoms with E-state index in [9.17, 15) is 4.39 Å². The summed E-state index contributed by atoms with van der Waals surface area (Å²) in [6.45, 7) is 5.35. The molecular weight excluding hydrogens is 269 g/mol. The van der Waals surface area contributed by atoms with Gasteiger partial charge >= 0.3 is 0 Å². The molecule has 112 valence electrons. The van der Waals surface area contributed by atoms with Crippen molar-refractivity contribution in [1.82, 2.24) is 25.0 Å². The molecule has 6 heteroatoms. The molecule has 0 saturated carbocycles. The monoisotopic (exact) mass is 289 g/mol. The van der Waals surface area contributed by atoms with Crippen molar-refractivity contribution < 1.29 is 4.39 Å². The Balaban J connectivity index is 1.59. The molecule has 0 spiro atoms. The third-order valence-electron chi connectivity index (χ3n) is 3.91. The number of nitrogens with one attached hydrogen (secondary N) is 1. The van der Waals surface area contributed by atoms with E-state index in [4.69, 9.17) is 0 Å². The van der Waals surface area contributed by atoms with Gasteiger partial charge in [-0.3, -0.25) is 5.10 Å². The Kier molecular flexibility index (Phi) is 4.26. The van der Waals surface area contributed by atoms with Crippen LogP contribution < -0.4 is 0 Å². The molecular formula is C15H20FN5. The molecule has 3 rings (SSSR count). The normalized spacial score (nSPS) is 17.2. The molecule has 0 amide bonds. The summed E-state index contributed by atoms with van der Waals surface area (Å²) in [5.74, 6) is 0.954. The first-order valence-electron chi connectivity index (χ1n) is 7.29. The minimum Gasteiger partial charge on any atom is -0.304 e. The molecule has 1 fully saturated rings. The molecule has 2 heterocycles. The van der Waals surface area contributed by atoms with E-state index in [1.807, 2.05) is 0 Å². The van der Waals surface area contributed by atoms with Gasteiger partial charge in [0.2, 0.25) is 0 Å². The van der Waals surface area contributed by atoms with E-state index in [2.05, 4.69) is 32.0 Å². The standard InChI is InChI=1S/C15H20FN5/c1-20-8-10-21(11-9-20)7-6-14-17-15(19-18-14)12-4-2-3-5-13(12)16/h2-5H,6-11H2,1H3,(H,17,18,19). The summed E-state index contributed by atoms with van der Waals surface area (Å²) >= 11 is 0. The Morgan fingerprint density at radius 3 is 2.71 bits per heavy atom. The summed E-state index contributed by atoms with van der Waals surface area (Å²) in [5.41, 5.74) is 0.444. The van der Waals surface area contributed by atoms with Crippen LogP contribution in [0.4, 0.5) is 4.39 Å². The fourth-order valence-corrected chi connectivity index (χ4v) is 2.51. The maximum absolute atomic E-state index is 13.7. The largest absolute Gasteiger partial charge is 0.304 e. The number of hydrogen-bond donors (Lipinski definition) is 1. The predicted octanol–water partition coefficient (Wildman–Crippen LogP) is 1.40. The molecule has 0 unspecified atom stereocenters. The maximum Gasteiger partial charge on any atom is 0.184 e. The highest BCUT2D eigenvalue weighted by atomic mass is 19.1. The van der Waals surface area contributed by atoms with Crippen molar-refractivity contribution in [3.05, 3.63) is 35.9 Å². The summed E-state index contributed by atoms with van der Waals surface area (Å²) in [6.07, 6.45) is 0.811. The molecule has 21 heavy (non-hydrogen) atoms. The lowest BCUT2D eigenvalue weighted by atomic mass is 10.2. The Bertz CT molecular complexity index is 589. The number of aromatic nitrogens is 3. The molecule has 1 aliphatic rings. The molecule has 1 aromatic carbocycles. The second-order valence-electron chi connectivity index (χ2n) is 5.48. The van der Waals surface area contributed by atoms with Gasteiger partial charge in [-0.1, -0.05) is 12.1 Å². The number of aromatic amines is 1. The van der Waals surface area contributed by atoms with Crippen LogP contribution >= 0.6 is 0 Å². The molecule has 0 bridgehead atoms. The van der Waals surface area contributed by atoms with Crippen LogP contribution in [0.3, 0.4) is 0 Å². The molecule has 2 aromatic rings. The van der Waals surface area contributed by atoms with Crippen LogP contribution in [-0.4, -0.2) is 64.8 Å². The van der Waals surface area contributed by atoms with Gasteiger partial charge in [-0.05, 0) is 19.2 Å². The summed E-state index contributed by atoms with van der Waals surface area (Å²) in [4.78, 5) is 9.15. The van der Waals surface area contributed by atoms with Crippen LogP contribution in [0.2, 0.25) is 0 Å². The molecule has 1 aliphatic heterocycles. The first-order valence-corrected chi connectivity index (χ1v) is 7.29. The van der Waals surface area contributed by atoms with Crippen molar-refractivity contribution in [2.24, 2.45) is 0 Å². The zero-order chi connectivity index (χ0) is 14.7. The van der Waals surface area contributed by atoms with Crippen molar-refractivity contribution in [2.75, 3.05) is 39.8 Å². The average molecular weight is 289 g/mol. The van der Waals surface area contributed by atoms with Crippen molar-refractivity contribution in [3.63, 3.8) is 0 Å². The number of hydrogen-bond acceptors (Lipinski definition) is 4. The second kappa shape index (κ2) is 6.32. The van der Waals surface area contributed by atoms with Gasteiger partial charge in [0.1, 0.15) is 11.6 Å². The second-order valence-corrected chi connectivity index (χ2v) is 5.48. The molecule has 0 radical (unpaired) electrons. The lowest BCUT2D eigenvalue weighted by Gasteiger charge is -2.32. The van der Waals surface area contributed by atoms with Gasteiger partial charge in [0, 0.05) is 39.1 Å². The van der Waals surface area contributed by atoms with E-state index in [1.165, 1.54) is 6.07 Å². The average Bonchev–Trinajstić information content (AvgIpc) is 2.96. The van der Waals surface area contributed by atoms with Crippen molar-refractivity contribution >= 4 is 0 Å². The fourth-order valence-electron chi connectivity index (χ4n) is 2.51. The minimum atomic E-state index is -0.290. The third-order valence-corrected chi connectivity index (χ3v) is 3.91. The van der Waals surface area contributed by atoms with E-state index in [0.717, 1.165) is 45.0 Å². The highest BCUT2D eigenvalue weighted by molar-refractivity contribution is 5.55. The number of likely N-dealkylation sites (N-methyl/N-ethyl adjacent to an activating group) is 1. The van der Waals surface area contributed by atoms with E-state index < -0.39 is 0 Å². The highest BCUT2D eigenvalue weighted by Gasteiger charge is 2.15. The van der Waals surface area contributed by atoms with Crippen LogP contribution in [0, 0.1) is 5.82 Å². The lowest BCUT2D eigenvalue weighted by molar-refractivity contribution is 0.155. The predicted molar refractivity (Wildman–Crippen MR) is 79.4 cm³/mol. The van der Waals surface area contributed by atoms with Gasteiger partial charge in [0.15, 0.2) is 5.82 Å². The first kappa shape index (κ1) is 14.2. The van der Waals surface area contributed by atoms with E-state index in [0.29, 0.717) is 11.4 Å². The zero-order valence-corrected chi connectivity index (χ0v) is 12.2. The topological polar surface area (TPSA) is 48.1 Å².